The molecule has 0 aliphatic carbocycles. The molecule has 0 saturated carbocycles. The average Bonchev–Trinajstić information content (AvgIpc) is 2.39. The van der Waals surface area contributed by atoms with Crippen molar-refractivity contribution in [3.05, 3.63) is 0 Å². The fraction of sp³-hybridized carbons (Fsp3) is 0.857. The van der Waals surface area contributed by atoms with Gasteiger partial charge in [-0.25, -0.2) is 4.79 Å². The van der Waals surface area contributed by atoms with E-state index in [-0.39, 0.29) is 23.5 Å². The highest BCUT2D eigenvalue weighted by atomic mass is 16.6. The molecule has 6 heteroatoms. The predicted octanol–water partition coefficient (Wildman–Crippen LogP) is 1.15. The summed E-state index contributed by atoms with van der Waals surface area (Å²) in [7, 11) is 0. The van der Waals surface area contributed by atoms with Gasteiger partial charge < -0.3 is 19.7 Å². The number of carbonyl (C=O) groups excluding carboxylic acids is 2. The number of amides is 2. The van der Waals surface area contributed by atoms with Crippen LogP contribution in [0.3, 0.4) is 0 Å². The molecular weight excluding hydrogens is 260 g/mol. The minimum Gasteiger partial charge on any atom is -0.450 e. The zero-order valence-corrected chi connectivity index (χ0v) is 12.3. The Labute approximate surface area is 119 Å². The first-order valence-electron chi connectivity index (χ1n) is 7.41. The summed E-state index contributed by atoms with van der Waals surface area (Å²) >= 11 is 0. The van der Waals surface area contributed by atoms with Gasteiger partial charge in [-0.3, -0.25) is 4.79 Å². The molecule has 2 heterocycles. The predicted molar refractivity (Wildman–Crippen MR) is 73.3 cm³/mol. The lowest BCUT2D eigenvalue weighted by Crippen LogP contribution is -2.57. The van der Waals surface area contributed by atoms with Crippen LogP contribution < -0.4 is 5.32 Å². The molecule has 2 saturated heterocycles. The summed E-state index contributed by atoms with van der Waals surface area (Å²) in [5.41, 5.74) is -0.321. The highest BCUT2D eigenvalue weighted by Gasteiger charge is 2.44. The van der Waals surface area contributed by atoms with Gasteiger partial charge in [0.15, 0.2) is 0 Å². The van der Waals surface area contributed by atoms with E-state index in [9.17, 15) is 9.59 Å². The molecule has 0 aromatic carbocycles. The largest absolute Gasteiger partial charge is 0.450 e. The van der Waals surface area contributed by atoms with Crippen molar-refractivity contribution in [2.45, 2.75) is 39.2 Å². The molecule has 2 rings (SSSR count). The van der Waals surface area contributed by atoms with Crippen LogP contribution >= 0.6 is 0 Å². The Balaban J connectivity index is 1.77. The van der Waals surface area contributed by atoms with Crippen LogP contribution in [0.1, 0.15) is 33.1 Å². The normalized spacial score (nSPS) is 22.0. The van der Waals surface area contributed by atoms with Crippen molar-refractivity contribution in [3.8, 4) is 0 Å². The second-order valence-electron chi connectivity index (χ2n) is 5.56. The highest BCUT2D eigenvalue weighted by Crippen LogP contribution is 2.31. The van der Waals surface area contributed by atoms with Gasteiger partial charge in [0.05, 0.1) is 25.2 Å². The lowest BCUT2D eigenvalue weighted by molar-refractivity contribution is -0.163. The molecule has 2 amide bonds. The van der Waals surface area contributed by atoms with Crippen molar-refractivity contribution in [2.75, 3.05) is 32.9 Å². The third-order valence-corrected chi connectivity index (χ3v) is 4.27. The Bertz CT molecular complexity index is 355. The lowest BCUT2D eigenvalue weighted by atomic mass is 9.81. The quantitative estimate of drug-likeness (QED) is 0.841. The first-order chi connectivity index (χ1) is 9.61. The summed E-state index contributed by atoms with van der Waals surface area (Å²) < 4.78 is 10.2. The van der Waals surface area contributed by atoms with Gasteiger partial charge >= 0.3 is 6.09 Å². The van der Waals surface area contributed by atoms with E-state index in [4.69, 9.17) is 9.47 Å². The van der Waals surface area contributed by atoms with Crippen molar-refractivity contribution >= 4 is 12.0 Å². The molecule has 2 aliphatic rings. The Hall–Kier alpha value is -1.30. The monoisotopic (exact) mass is 284 g/mol. The SMILES string of the molecule is CCOC(=O)N1CCC(NC(=O)C2(CC)COC2)CC1. The van der Waals surface area contributed by atoms with Gasteiger partial charge in [0.1, 0.15) is 0 Å². The third-order valence-electron chi connectivity index (χ3n) is 4.27. The molecule has 0 bridgehead atoms. The number of rotatable bonds is 4. The summed E-state index contributed by atoms with van der Waals surface area (Å²) in [5.74, 6) is 0.0980. The van der Waals surface area contributed by atoms with Crippen LogP contribution in [0.15, 0.2) is 0 Å². The maximum atomic E-state index is 12.3. The summed E-state index contributed by atoms with van der Waals surface area (Å²) in [6, 6.07) is 0.150. The second-order valence-corrected chi connectivity index (χ2v) is 5.56. The van der Waals surface area contributed by atoms with E-state index >= 15 is 0 Å². The van der Waals surface area contributed by atoms with E-state index in [1.165, 1.54) is 0 Å². The van der Waals surface area contributed by atoms with E-state index in [2.05, 4.69) is 5.32 Å². The number of nitrogens with zero attached hydrogens (tertiary/aromatic N) is 1. The smallest absolute Gasteiger partial charge is 0.409 e. The summed E-state index contributed by atoms with van der Waals surface area (Å²) in [6.45, 7) is 6.54. The molecule has 2 fully saturated rings. The first kappa shape index (κ1) is 15.1. The zero-order valence-electron chi connectivity index (χ0n) is 12.3. The van der Waals surface area contributed by atoms with Gasteiger partial charge in [-0.2, -0.15) is 0 Å². The third kappa shape index (κ3) is 3.06. The van der Waals surface area contributed by atoms with Crippen molar-refractivity contribution < 1.29 is 19.1 Å². The maximum Gasteiger partial charge on any atom is 0.409 e. The maximum absolute atomic E-state index is 12.3. The first-order valence-corrected chi connectivity index (χ1v) is 7.41. The van der Waals surface area contributed by atoms with Crippen LogP contribution in [-0.2, 0) is 14.3 Å². The Morgan fingerprint density at radius 1 is 1.30 bits per heavy atom. The standard InChI is InChI=1S/C14H24N2O4/c1-3-14(9-19-10-14)12(17)15-11-5-7-16(8-6-11)13(18)20-4-2/h11H,3-10H2,1-2H3,(H,15,17). The number of hydrogen-bond donors (Lipinski definition) is 1. The van der Waals surface area contributed by atoms with E-state index in [1.54, 1.807) is 11.8 Å². The lowest BCUT2D eigenvalue weighted by Gasteiger charge is -2.41. The molecule has 0 aromatic rings. The number of piperidine rings is 1. The second kappa shape index (κ2) is 6.43. The Morgan fingerprint density at radius 2 is 1.95 bits per heavy atom. The molecule has 0 unspecified atom stereocenters. The molecule has 0 spiro atoms. The average molecular weight is 284 g/mol. The number of carbonyl (C=O) groups is 2. The fourth-order valence-corrected chi connectivity index (χ4v) is 2.60. The topological polar surface area (TPSA) is 67.9 Å². The molecule has 2 aliphatic heterocycles. The molecule has 1 N–H and O–H groups in total. The van der Waals surface area contributed by atoms with Crippen LogP contribution in [0, 0.1) is 5.41 Å². The van der Waals surface area contributed by atoms with Gasteiger partial charge in [-0.05, 0) is 26.2 Å². The van der Waals surface area contributed by atoms with Crippen molar-refractivity contribution in [1.29, 1.82) is 0 Å². The molecule has 0 aromatic heterocycles. The van der Waals surface area contributed by atoms with E-state index in [0.29, 0.717) is 32.9 Å². The highest BCUT2D eigenvalue weighted by molar-refractivity contribution is 5.84. The van der Waals surface area contributed by atoms with Gasteiger partial charge in [0.2, 0.25) is 5.91 Å². The summed E-state index contributed by atoms with van der Waals surface area (Å²) in [4.78, 5) is 25.6. The number of likely N-dealkylation sites (tertiary alicyclic amines) is 1. The van der Waals surface area contributed by atoms with Crippen molar-refractivity contribution in [3.63, 3.8) is 0 Å². The molecule has 0 atom stereocenters. The van der Waals surface area contributed by atoms with Gasteiger partial charge in [0, 0.05) is 19.1 Å². The number of hydrogen-bond acceptors (Lipinski definition) is 4. The van der Waals surface area contributed by atoms with Gasteiger partial charge in [-0.1, -0.05) is 6.92 Å². The van der Waals surface area contributed by atoms with Crippen molar-refractivity contribution in [1.82, 2.24) is 10.2 Å². The van der Waals surface area contributed by atoms with Crippen LogP contribution in [-0.4, -0.2) is 55.9 Å². The van der Waals surface area contributed by atoms with E-state index in [1.807, 2.05) is 6.92 Å². The van der Waals surface area contributed by atoms with Crippen molar-refractivity contribution in [2.24, 2.45) is 5.41 Å². The molecule has 0 radical (unpaired) electrons. The number of ether oxygens (including phenoxy) is 2. The van der Waals surface area contributed by atoms with Crippen LogP contribution in [0.2, 0.25) is 0 Å². The summed E-state index contributed by atoms with van der Waals surface area (Å²) in [5, 5.41) is 3.11. The summed E-state index contributed by atoms with van der Waals surface area (Å²) in [6.07, 6.45) is 2.12. The fourth-order valence-electron chi connectivity index (χ4n) is 2.60. The minimum atomic E-state index is -0.321. The van der Waals surface area contributed by atoms with Gasteiger partial charge in [-0.15, -0.1) is 0 Å². The Kier molecular flexibility index (Phi) is 4.86. The Morgan fingerprint density at radius 3 is 2.40 bits per heavy atom. The molecule has 6 nitrogen and oxygen atoms in total. The van der Waals surface area contributed by atoms with E-state index in [0.717, 1.165) is 19.3 Å². The number of nitrogens with one attached hydrogen (secondary N) is 1. The van der Waals surface area contributed by atoms with Gasteiger partial charge in [0.25, 0.3) is 0 Å². The molecule has 20 heavy (non-hydrogen) atoms. The van der Waals surface area contributed by atoms with Crippen LogP contribution in [0.25, 0.3) is 0 Å². The molecule has 114 valence electrons. The molecular formula is C14H24N2O4. The van der Waals surface area contributed by atoms with Crippen LogP contribution in [0.5, 0.6) is 0 Å². The minimum absolute atomic E-state index is 0.0980. The van der Waals surface area contributed by atoms with Crippen LogP contribution in [0.4, 0.5) is 4.79 Å². The zero-order chi connectivity index (χ0) is 14.6. The van der Waals surface area contributed by atoms with E-state index < -0.39 is 0 Å².